The molecule has 1 fully saturated rings. The molecule has 1 aliphatic carbocycles. The van der Waals surface area contributed by atoms with Gasteiger partial charge < -0.3 is 0 Å². The van der Waals surface area contributed by atoms with E-state index in [2.05, 4.69) is 48.5 Å². The fraction of sp³-hybridized carbons (Fsp3) is 1.00. The normalized spacial score (nSPS) is 23.0. The van der Waals surface area contributed by atoms with Crippen molar-refractivity contribution in [1.29, 1.82) is 0 Å². The lowest BCUT2D eigenvalue weighted by atomic mass is 9.77. The van der Waals surface area contributed by atoms with E-state index in [0.717, 1.165) is 11.2 Å². The molecule has 0 saturated heterocycles. The second-order valence-electron chi connectivity index (χ2n) is 5.45. The Balaban J connectivity index is 2.38. The lowest BCUT2D eigenvalue weighted by molar-refractivity contribution is 0.259. The molecule has 0 aromatic carbocycles. The van der Waals surface area contributed by atoms with Crippen LogP contribution in [0.5, 0.6) is 0 Å². The van der Waals surface area contributed by atoms with E-state index in [4.69, 9.17) is 0 Å². The zero-order chi connectivity index (χ0) is 11.3. The van der Waals surface area contributed by atoms with Gasteiger partial charge in [0.15, 0.2) is 0 Å². The van der Waals surface area contributed by atoms with Crippen LogP contribution in [0.1, 0.15) is 52.9 Å². The summed E-state index contributed by atoms with van der Waals surface area (Å²) in [6.45, 7) is 7.04. The van der Waals surface area contributed by atoms with E-state index in [1.54, 1.807) is 0 Å². The molecule has 1 rings (SSSR count). The first-order valence-electron chi connectivity index (χ1n) is 6.27. The summed E-state index contributed by atoms with van der Waals surface area (Å²) < 4.78 is 0. The van der Waals surface area contributed by atoms with Crippen LogP contribution in [0.2, 0.25) is 0 Å². The molecule has 1 saturated carbocycles. The van der Waals surface area contributed by atoms with Crippen LogP contribution in [0.15, 0.2) is 0 Å². The summed E-state index contributed by atoms with van der Waals surface area (Å²) in [5.41, 5.74) is 0.617. The third-order valence-electron chi connectivity index (χ3n) is 3.79. The monoisotopic (exact) mass is 292 g/mol. The predicted molar refractivity (Wildman–Crippen MR) is 76.1 cm³/mol. The van der Waals surface area contributed by atoms with Gasteiger partial charge in [-0.25, -0.2) is 0 Å². The van der Waals surface area contributed by atoms with E-state index >= 15 is 0 Å². The van der Waals surface area contributed by atoms with Gasteiger partial charge in [-0.3, -0.25) is 0 Å². The number of hydrogen-bond acceptors (Lipinski definition) is 1. The van der Waals surface area contributed by atoms with Gasteiger partial charge in [-0.05, 0) is 29.9 Å². The second kappa shape index (κ2) is 6.54. The van der Waals surface area contributed by atoms with Gasteiger partial charge in [0.2, 0.25) is 0 Å². The first-order valence-corrected chi connectivity index (χ1v) is 8.44. The molecule has 1 atom stereocenters. The Morgan fingerprint density at radius 1 is 1.13 bits per heavy atom. The van der Waals surface area contributed by atoms with Gasteiger partial charge in [-0.2, -0.15) is 11.8 Å². The molecule has 0 aliphatic heterocycles. The number of alkyl halides is 1. The smallest absolute Gasteiger partial charge is 0.00958 e. The maximum absolute atomic E-state index is 3.74. The predicted octanol–water partition coefficient (Wildman–Crippen LogP) is 5.11. The zero-order valence-corrected chi connectivity index (χ0v) is 12.8. The third kappa shape index (κ3) is 4.30. The van der Waals surface area contributed by atoms with Crippen LogP contribution in [0.25, 0.3) is 0 Å². The average molecular weight is 293 g/mol. The van der Waals surface area contributed by atoms with Gasteiger partial charge in [0.05, 0.1) is 0 Å². The number of thioether (sulfide) groups is 1. The highest BCUT2D eigenvalue weighted by Crippen LogP contribution is 2.41. The van der Waals surface area contributed by atoms with Crippen LogP contribution in [0, 0.1) is 11.3 Å². The summed E-state index contributed by atoms with van der Waals surface area (Å²) >= 11 is 5.93. The van der Waals surface area contributed by atoms with Crippen molar-refractivity contribution in [2.45, 2.75) is 58.1 Å². The molecule has 0 N–H and O–H groups in total. The average Bonchev–Trinajstić information content (AvgIpc) is 2.27. The summed E-state index contributed by atoms with van der Waals surface area (Å²) in [4.78, 5) is 0. The van der Waals surface area contributed by atoms with Gasteiger partial charge in [-0.1, -0.05) is 56.0 Å². The fourth-order valence-corrected chi connectivity index (χ4v) is 4.53. The summed E-state index contributed by atoms with van der Waals surface area (Å²) in [5, 5.41) is 2.01. The zero-order valence-electron chi connectivity index (χ0n) is 10.4. The van der Waals surface area contributed by atoms with Crippen LogP contribution in [0.4, 0.5) is 0 Å². The molecule has 0 nitrogen and oxygen atoms in total. The lowest BCUT2D eigenvalue weighted by Gasteiger charge is -2.36. The van der Waals surface area contributed by atoms with Crippen LogP contribution < -0.4 is 0 Å². The van der Waals surface area contributed by atoms with Crippen molar-refractivity contribution in [2.75, 3.05) is 11.1 Å². The Bertz CT molecular complexity index is 173. The molecule has 15 heavy (non-hydrogen) atoms. The highest BCUT2D eigenvalue weighted by molar-refractivity contribution is 9.09. The molecule has 90 valence electrons. The molecule has 1 aliphatic rings. The van der Waals surface area contributed by atoms with Crippen molar-refractivity contribution < 1.29 is 0 Å². The number of rotatable bonds is 5. The van der Waals surface area contributed by atoms with E-state index in [1.807, 2.05) is 0 Å². The maximum atomic E-state index is 3.74. The van der Waals surface area contributed by atoms with Crippen molar-refractivity contribution in [1.82, 2.24) is 0 Å². The summed E-state index contributed by atoms with van der Waals surface area (Å²) in [5.74, 6) is 2.17. The molecular formula is C13H25BrS. The van der Waals surface area contributed by atoms with E-state index in [1.165, 1.54) is 43.2 Å². The van der Waals surface area contributed by atoms with Gasteiger partial charge in [0.25, 0.3) is 0 Å². The molecule has 0 amide bonds. The minimum atomic E-state index is 0.617. The van der Waals surface area contributed by atoms with Gasteiger partial charge >= 0.3 is 0 Å². The Labute approximate surface area is 108 Å². The first kappa shape index (κ1) is 13.9. The van der Waals surface area contributed by atoms with Gasteiger partial charge in [-0.15, -0.1) is 0 Å². The minimum absolute atomic E-state index is 0.617. The maximum Gasteiger partial charge on any atom is 0.00958 e. The van der Waals surface area contributed by atoms with E-state index < -0.39 is 0 Å². The van der Waals surface area contributed by atoms with Crippen molar-refractivity contribution in [2.24, 2.45) is 11.3 Å². The summed E-state index contributed by atoms with van der Waals surface area (Å²) in [7, 11) is 0. The first-order chi connectivity index (χ1) is 7.09. The van der Waals surface area contributed by atoms with Crippen molar-refractivity contribution in [3.8, 4) is 0 Å². The van der Waals surface area contributed by atoms with E-state index in [0.29, 0.717) is 5.41 Å². The molecule has 0 spiro atoms. The van der Waals surface area contributed by atoms with Crippen LogP contribution in [-0.2, 0) is 0 Å². The quantitative estimate of drug-likeness (QED) is 0.635. The van der Waals surface area contributed by atoms with Crippen LogP contribution >= 0.6 is 27.7 Å². The van der Waals surface area contributed by atoms with Crippen molar-refractivity contribution >= 4 is 27.7 Å². The SMILES string of the molecule is CC(C)C(C)SCC1(CBr)CCCCC1. The Morgan fingerprint density at radius 3 is 2.20 bits per heavy atom. The molecule has 1 unspecified atom stereocenters. The number of halogens is 1. The van der Waals surface area contributed by atoms with Crippen LogP contribution in [-0.4, -0.2) is 16.3 Å². The van der Waals surface area contributed by atoms with Gasteiger partial charge in [0, 0.05) is 10.6 Å². The molecule has 0 heterocycles. The fourth-order valence-electron chi connectivity index (χ4n) is 2.12. The topological polar surface area (TPSA) is 0 Å². The molecular weight excluding hydrogens is 268 g/mol. The third-order valence-corrected chi connectivity index (χ3v) is 6.83. The number of hydrogen-bond donors (Lipinski definition) is 0. The Kier molecular flexibility index (Phi) is 6.06. The highest BCUT2D eigenvalue weighted by atomic mass is 79.9. The molecule has 0 aromatic heterocycles. The molecule has 0 bridgehead atoms. The molecule has 2 heteroatoms. The second-order valence-corrected chi connectivity index (χ2v) is 7.38. The Morgan fingerprint density at radius 2 is 1.73 bits per heavy atom. The molecule has 0 radical (unpaired) electrons. The highest BCUT2D eigenvalue weighted by Gasteiger charge is 2.31. The summed E-state index contributed by atoms with van der Waals surface area (Å²) in [6, 6.07) is 0. The Hall–Kier alpha value is 0.830. The standard InChI is InChI=1S/C13H25BrS/c1-11(2)12(3)15-10-13(9-14)7-5-4-6-8-13/h11-12H,4-10H2,1-3H3. The van der Waals surface area contributed by atoms with Crippen molar-refractivity contribution in [3.05, 3.63) is 0 Å². The largest absolute Gasteiger partial charge is 0.158 e. The van der Waals surface area contributed by atoms with Crippen molar-refractivity contribution in [3.63, 3.8) is 0 Å². The van der Waals surface area contributed by atoms with Crippen LogP contribution in [0.3, 0.4) is 0 Å². The lowest BCUT2D eigenvalue weighted by Crippen LogP contribution is -2.29. The molecule has 0 aromatic rings. The van der Waals surface area contributed by atoms with Gasteiger partial charge in [0.1, 0.15) is 0 Å². The van der Waals surface area contributed by atoms with E-state index in [-0.39, 0.29) is 0 Å². The minimum Gasteiger partial charge on any atom is -0.158 e. The summed E-state index contributed by atoms with van der Waals surface area (Å²) in [6.07, 6.45) is 7.23. The van der Waals surface area contributed by atoms with E-state index in [9.17, 15) is 0 Å².